The van der Waals surface area contributed by atoms with Gasteiger partial charge in [-0.1, -0.05) is 0 Å². The van der Waals surface area contributed by atoms with Gasteiger partial charge in [0.25, 0.3) is 0 Å². The smallest absolute Gasteiger partial charge is 0.0542 e. The fraction of sp³-hybridized carbons (Fsp3) is 0.615. The molecule has 0 radical (unpaired) electrons. The first-order chi connectivity index (χ1) is 8.28. The van der Waals surface area contributed by atoms with Crippen molar-refractivity contribution in [3.05, 3.63) is 29.6 Å². The van der Waals surface area contributed by atoms with E-state index >= 15 is 0 Å². The van der Waals surface area contributed by atoms with E-state index in [9.17, 15) is 0 Å². The molecule has 0 unspecified atom stereocenters. The molecule has 1 aromatic heterocycles. The molecule has 0 aliphatic carbocycles. The first-order valence-electron chi connectivity index (χ1n) is 6.32. The van der Waals surface area contributed by atoms with E-state index in [0.717, 1.165) is 25.3 Å². The predicted molar refractivity (Wildman–Crippen MR) is 69.5 cm³/mol. The van der Waals surface area contributed by atoms with Gasteiger partial charge in [0.1, 0.15) is 0 Å². The molecule has 4 heteroatoms. The van der Waals surface area contributed by atoms with E-state index < -0.39 is 0 Å². The van der Waals surface area contributed by atoms with Gasteiger partial charge in [0.05, 0.1) is 5.69 Å². The molecule has 0 amide bonds. The van der Waals surface area contributed by atoms with Crippen molar-refractivity contribution in [2.45, 2.75) is 19.5 Å². The van der Waals surface area contributed by atoms with Crippen LogP contribution in [-0.2, 0) is 13.1 Å². The van der Waals surface area contributed by atoms with Gasteiger partial charge < -0.3 is 10.6 Å². The van der Waals surface area contributed by atoms with E-state index in [1.807, 2.05) is 6.20 Å². The first-order valence-corrected chi connectivity index (χ1v) is 6.32. The Morgan fingerprint density at radius 1 is 1.29 bits per heavy atom. The van der Waals surface area contributed by atoms with Crippen molar-refractivity contribution >= 4 is 0 Å². The fourth-order valence-electron chi connectivity index (χ4n) is 2.25. The van der Waals surface area contributed by atoms with Crippen LogP contribution in [0.25, 0.3) is 0 Å². The summed E-state index contributed by atoms with van der Waals surface area (Å²) in [6.07, 6.45) is 3.12. The normalized spacial score (nSPS) is 19.2. The highest BCUT2D eigenvalue weighted by atomic mass is 15.2. The molecule has 0 spiro atoms. The van der Waals surface area contributed by atoms with Gasteiger partial charge in [-0.25, -0.2) is 0 Å². The molecule has 0 atom stereocenters. The van der Waals surface area contributed by atoms with Crippen LogP contribution in [0.2, 0.25) is 0 Å². The Kier molecular flexibility index (Phi) is 4.48. The van der Waals surface area contributed by atoms with Crippen LogP contribution in [0, 0.1) is 0 Å². The Labute approximate surface area is 103 Å². The fourth-order valence-corrected chi connectivity index (χ4v) is 2.25. The molecular weight excluding hydrogens is 212 g/mol. The summed E-state index contributed by atoms with van der Waals surface area (Å²) >= 11 is 0. The molecular formula is C13H22N4. The molecule has 0 aromatic carbocycles. The lowest BCUT2D eigenvalue weighted by molar-refractivity contribution is 0.269. The molecule has 1 saturated heterocycles. The van der Waals surface area contributed by atoms with Crippen molar-refractivity contribution in [1.29, 1.82) is 0 Å². The van der Waals surface area contributed by atoms with Gasteiger partial charge in [-0.3, -0.25) is 9.88 Å². The molecule has 94 valence electrons. The number of pyridine rings is 1. The minimum absolute atomic E-state index is 0.524. The van der Waals surface area contributed by atoms with E-state index in [-0.39, 0.29) is 0 Å². The molecule has 17 heavy (non-hydrogen) atoms. The highest BCUT2D eigenvalue weighted by molar-refractivity contribution is 5.16. The monoisotopic (exact) mass is 234 g/mol. The van der Waals surface area contributed by atoms with Crippen molar-refractivity contribution in [2.24, 2.45) is 5.73 Å². The zero-order chi connectivity index (χ0) is 12.1. The molecule has 4 nitrogen and oxygen atoms in total. The number of hydrogen-bond acceptors (Lipinski definition) is 4. The average molecular weight is 234 g/mol. The summed E-state index contributed by atoms with van der Waals surface area (Å²) < 4.78 is 0. The Bertz CT molecular complexity index is 353. The van der Waals surface area contributed by atoms with Crippen molar-refractivity contribution in [1.82, 2.24) is 14.8 Å². The van der Waals surface area contributed by atoms with E-state index in [1.54, 1.807) is 0 Å². The summed E-state index contributed by atoms with van der Waals surface area (Å²) in [6, 6.07) is 4.21. The number of hydrogen-bond donors (Lipinski definition) is 1. The summed E-state index contributed by atoms with van der Waals surface area (Å²) in [5, 5.41) is 0. The van der Waals surface area contributed by atoms with E-state index in [0.29, 0.717) is 6.54 Å². The average Bonchev–Trinajstić information content (AvgIpc) is 2.55. The standard InChI is InChI=1S/C13H22N4/c1-16-5-2-6-17(8-7-16)11-12-3-4-15-13(9-12)10-14/h3-4,9H,2,5-8,10-11,14H2,1H3. The van der Waals surface area contributed by atoms with Gasteiger partial charge in [0.2, 0.25) is 0 Å². The van der Waals surface area contributed by atoms with Gasteiger partial charge in [0, 0.05) is 32.4 Å². The van der Waals surface area contributed by atoms with Crippen molar-refractivity contribution < 1.29 is 0 Å². The Balaban J connectivity index is 1.94. The summed E-state index contributed by atoms with van der Waals surface area (Å²) in [4.78, 5) is 9.14. The second-order valence-electron chi connectivity index (χ2n) is 4.79. The van der Waals surface area contributed by atoms with Crippen LogP contribution in [-0.4, -0.2) is 48.0 Å². The van der Waals surface area contributed by atoms with Crippen LogP contribution in [0.4, 0.5) is 0 Å². The largest absolute Gasteiger partial charge is 0.325 e. The van der Waals surface area contributed by atoms with Crippen LogP contribution >= 0.6 is 0 Å². The third-order valence-electron chi connectivity index (χ3n) is 3.31. The van der Waals surface area contributed by atoms with Gasteiger partial charge in [-0.15, -0.1) is 0 Å². The lowest BCUT2D eigenvalue weighted by Gasteiger charge is -2.20. The summed E-state index contributed by atoms with van der Waals surface area (Å²) in [7, 11) is 2.20. The number of nitrogens with two attached hydrogens (primary N) is 1. The maximum absolute atomic E-state index is 5.61. The molecule has 1 fully saturated rings. The Morgan fingerprint density at radius 3 is 3.00 bits per heavy atom. The summed E-state index contributed by atoms with van der Waals surface area (Å²) in [5.41, 5.74) is 7.92. The van der Waals surface area contributed by atoms with Crippen LogP contribution in [0.5, 0.6) is 0 Å². The summed E-state index contributed by atoms with van der Waals surface area (Å²) in [6.45, 7) is 6.25. The lowest BCUT2D eigenvalue weighted by atomic mass is 10.2. The topological polar surface area (TPSA) is 45.4 Å². The third-order valence-corrected chi connectivity index (χ3v) is 3.31. The number of aromatic nitrogens is 1. The highest BCUT2D eigenvalue weighted by Gasteiger charge is 2.12. The summed E-state index contributed by atoms with van der Waals surface area (Å²) in [5.74, 6) is 0. The molecule has 0 saturated carbocycles. The minimum atomic E-state index is 0.524. The van der Waals surface area contributed by atoms with E-state index in [2.05, 4.69) is 34.0 Å². The van der Waals surface area contributed by atoms with Crippen molar-refractivity contribution in [2.75, 3.05) is 33.2 Å². The van der Waals surface area contributed by atoms with Gasteiger partial charge >= 0.3 is 0 Å². The lowest BCUT2D eigenvalue weighted by Crippen LogP contribution is -2.28. The second kappa shape index (κ2) is 6.10. The van der Waals surface area contributed by atoms with Crippen molar-refractivity contribution in [3.8, 4) is 0 Å². The zero-order valence-electron chi connectivity index (χ0n) is 10.6. The maximum Gasteiger partial charge on any atom is 0.0542 e. The third kappa shape index (κ3) is 3.77. The SMILES string of the molecule is CN1CCCN(Cc2ccnc(CN)c2)CC1. The zero-order valence-corrected chi connectivity index (χ0v) is 10.6. The maximum atomic E-state index is 5.61. The predicted octanol–water partition coefficient (Wildman–Crippen LogP) is 0.678. The molecule has 2 N–H and O–H groups in total. The van der Waals surface area contributed by atoms with E-state index in [1.165, 1.54) is 25.1 Å². The highest BCUT2D eigenvalue weighted by Crippen LogP contribution is 2.08. The molecule has 1 aliphatic rings. The molecule has 0 bridgehead atoms. The first kappa shape index (κ1) is 12.5. The van der Waals surface area contributed by atoms with Crippen LogP contribution in [0.1, 0.15) is 17.7 Å². The molecule has 1 aromatic rings. The Morgan fingerprint density at radius 2 is 2.18 bits per heavy atom. The Hall–Kier alpha value is -0.970. The number of nitrogens with zero attached hydrogens (tertiary/aromatic N) is 3. The van der Waals surface area contributed by atoms with Crippen molar-refractivity contribution in [3.63, 3.8) is 0 Å². The van der Waals surface area contributed by atoms with Crippen LogP contribution in [0.3, 0.4) is 0 Å². The number of rotatable bonds is 3. The number of likely N-dealkylation sites (N-methyl/N-ethyl adjacent to an activating group) is 1. The minimum Gasteiger partial charge on any atom is -0.325 e. The van der Waals surface area contributed by atoms with Crippen LogP contribution in [0.15, 0.2) is 18.3 Å². The van der Waals surface area contributed by atoms with Gasteiger partial charge in [0.15, 0.2) is 0 Å². The van der Waals surface area contributed by atoms with Gasteiger partial charge in [-0.2, -0.15) is 0 Å². The molecule has 2 heterocycles. The molecule has 1 aliphatic heterocycles. The van der Waals surface area contributed by atoms with E-state index in [4.69, 9.17) is 5.73 Å². The second-order valence-corrected chi connectivity index (χ2v) is 4.79. The van der Waals surface area contributed by atoms with Crippen LogP contribution < -0.4 is 5.73 Å². The van der Waals surface area contributed by atoms with Gasteiger partial charge in [-0.05, 0) is 44.3 Å². The quantitative estimate of drug-likeness (QED) is 0.835. The molecule has 2 rings (SSSR count).